The van der Waals surface area contributed by atoms with Crippen LogP contribution in [-0.2, 0) is 32.6 Å². The fourth-order valence-corrected chi connectivity index (χ4v) is 7.56. The summed E-state index contributed by atoms with van der Waals surface area (Å²) in [7, 11) is -4.23. The van der Waals surface area contributed by atoms with Crippen molar-refractivity contribution in [2.45, 2.75) is 55.6 Å². The van der Waals surface area contributed by atoms with Crippen molar-refractivity contribution in [2.75, 3.05) is 10.8 Å². The lowest BCUT2D eigenvalue weighted by molar-refractivity contribution is -0.140. The first kappa shape index (κ1) is 32.5. The number of halogens is 2. The summed E-state index contributed by atoms with van der Waals surface area (Å²) in [6.45, 7) is -0.594. The number of hydrogen-bond donors (Lipinski definition) is 1. The molecule has 1 N–H and O–H groups in total. The molecule has 2 amide bonds. The van der Waals surface area contributed by atoms with Crippen molar-refractivity contribution >= 4 is 50.7 Å². The van der Waals surface area contributed by atoms with Crippen LogP contribution in [0.25, 0.3) is 0 Å². The average Bonchev–Trinajstić information content (AvgIpc) is 3.56. The third-order valence-electron chi connectivity index (χ3n) is 8.00. The van der Waals surface area contributed by atoms with Gasteiger partial charge in [0.25, 0.3) is 10.0 Å². The lowest BCUT2D eigenvalue weighted by Crippen LogP contribution is -2.54. The molecule has 7 nitrogen and oxygen atoms in total. The first-order valence-electron chi connectivity index (χ1n) is 14.9. The van der Waals surface area contributed by atoms with Crippen molar-refractivity contribution in [3.63, 3.8) is 0 Å². The highest BCUT2D eigenvalue weighted by Gasteiger charge is 2.36. The number of anilines is 1. The Hall–Kier alpha value is -3.85. The molecule has 234 valence electrons. The van der Waals surface area contributed by atoms with Gasteiger partial charge in [-0.3, -0.25) is 13.9 Å². The van der Waals surface area contributed by atoms with E-state index in [1.807, 2.05) is 36.4 Å². The van der Waals surface area contributed by atoms with Crippen LogP contribution in [0.3, 0.4) is 0 Å². The predicted octanol–water partition coefficient (Wildman–Crippen LogP) is 6.89. The van der Waals surface area contributed by atoms with E-state index in [9.17, 15) is 18.0 Å². The summed E-state index contributed by atoms with van der Waals surface area (Å²) in [4.78, 5) is 30.1. The highest BCUT2D eigenvalue weighted by Crippen LogP contribution is 2.31. The second-order valence-corrected chi connectivity index (χ2v) is 13.8. The normalized spacial score (nSPS) is 14.1. The maximum atomic E-state index is 14.6. The van der Waals surface area contributed by atoms with Crippen LogP contribution >= 0.6 is 23.2 Å². The van der Waals surface area contributed by atoms with Gasteiger partial charge in [0.1, 0.15) is 12.6 Å². The molecule has 45 heavy (non-hydrogen) atoms. The van der Waals surface area contributed by atoms with Gasteiger partial charge in [0.2, 0.25) is 11.8 Å². The van der Waals surface area contributed by atoms with Crippen LogP contribution < -0.4 is 9.62 Å². The van der Waals surface area contributed by atoms with Crippen LogP contribution in [0.1, 0.15) is 36.8 Å². The highest BCUT2D eigenvalue weighted by molar-refractivity contribution is 7.92. The van der Waals surface area contributed by atoms with Gasteiger partial charge in [0.05, 0.1) is 15.6 Å². The van der Waals surface area contributed by atoms with Gasteiger partial charge >= 0.3 is 0 Å². The number of nitrogens with zero attached hydrogens (tertiary/aromatic N) is 2. The molecule has 1 fully saturated rings. The standard InChI is InChI=1S/C35H35Cl2N3O4S/c36-30-20-10-7-15-27(30)24-39(33(23-26-13-3-1-4-14-26)35(42)38-28-16-8-9-17-28)34(41)25-40(32-22-12-11-21-31(32)37)45(43,44)29-18-5-2-6-19-29/h1-7,10-15,18-22,28,33H,8-9,16-17,23-25H2,(H,38,42). The van der Waals surface area contributed by atoms with E-state index in [1.54, 1.807) is 60.7 Å². The zero-order valence-electron chi connectivity index (χ0n) is 24.7. The Morgan fingerprint density at radius 1 is 0.778 bits per heavy atom. The van der Waals surface area contributed by atoms with Crippen LogP contribution in [0.15, 0.2) is 114 Å². The van der Waals surface area contributed by atoms with Crippen LogP contribution in [-0.4, -0.2) is 43.8 Å². The second kappa shape index (κ2) is 15.0. The fraction of sp³-hybridized carbons (Fsp3) is 0.257. The van der Waals surface area contributed by atoms with Crippen LogP contribution in [0, 0.1) is 0 Å². The number of rotatable bonds is 12. The Balaban J connectivity index is 1.57. The van der Waals surface area contributed by atoms with Crippen molar-refractivity contribution in [1.82, 2.24) is 10.2 Å². The zero-order valence-corrected chi connectivity index (χ0v) is 27.0. The topological polar surface area (TPSA) is 86.8 Å². The Morgan fingerprint density at radius 3 is 2.00 bits per heavy atom. The fourth-order valence-electron chi connectivity index (χ4n) is 5.62. The number of hydrogen-bond acceptors (Lipinski definition) is 4. The molecule has 4 aromatic carbocycles. The summed E-state index contributed by atoms with van der Waals surface area (Å²) >= 11 is 13.1. The highest BCUT2D eigenvalue weighted by atomic mass is 35.5. The van der Waals surface area contributed by atoms with Gasteiger partial charge in [-0.2, -0.15) is 0 Å². The molecule has 10 heteroatoms. The minimum absolute atomic E-state index is 0.00413. The van der Waals surface area contributed by atoms with E-state index >= 15 is 0 Å². The largest absolute Gasteiger partial charge is 0.352 e. The Bertz CT molecular complexity index is 1720. The molecule has 1 aliphatic carbocycles. The molecule has 1 unspecified atom stereocenters. The van der Waals surface area contributed by atoms with Crippen molar-refractivity contribution in [1.29, 1.82) is 0 Å². The molecular formula is C35H35Cl2N3O4S. The first-order valence-corrected chi connectivity index (χ1v) is 17.1. The summed E-state index contributed by atoms with van der Waals surface area (Å²) in [6.07, 6.45) is 4.03. The number of carbonyl (C=O) groups is 2. The van der Waals surface area contributed by atoms with Crippen LogP contribution in [0.2, 0.25) is 10.0 Å². The maximum Gasteiger partial charge on any atom is 0.264 e. The lowest BCUT2D eigenvalue weighted by Gasteiger charge is -2.34. The number of para-hydroxylation sites is 1. The molecule has 0 aromatic heterocycles. The minimum Gasteiger partial charge on any atom is -0.352 e. The van der Waals surface area contributed by atoms with E-state index in [1.165, 1.54) is 17.0 Å². The Morgan fingerprint density at radius 2 is 1.36 bits per heavy atom. The third kappa shape index (κ3) is 8.06. The minimum atomic E-state index is -4.23. The van der Waals surface area contributed by atoms with Gasteiger partial charge in [0.15, 0.2) is 0 Å². The quantitative estimate of drug-likeness (QED) is 0.179. The van der Waals surface area contributed by atoms with Crippen LogP contribution in [0.5, 0.6) is 0 Å². The van der Waals surface area contributed by atoms with Gasteiger partial charge < -0.3 is 10.2 Å². The molecule has 1 atom stereocenters. The number of carbonyl (C=O) groups excluding carboxylic acids is 2. The summed E-state index contributed by atoms with van der Waals surface area (Å²) in [5.41, 5.74) is 1.65. The molecule has 0 bridgehead atoms. The molecule has 0 aliphatic heterocycles. The second-order valence-electron chi connectivity index (χ2n) is 11.1. The van der Waals surface area contributed by atoms with Gasteiger partial charge in [-0.05, 0) is 54.3 Å². The summed E-state index contributed by atoms with van der Waals surface area (Å²) in [6, 6.07) is 30.0. The summed E-state index contributed by atoms with van der Waals surface area (Å²) in [5.74, 6) is -0.863. The average molecular weight is 665 g/mol. The molecule has 5 rings (SSSR count). The van der Waals surface area contributed by atoms with E-state index in [2.05, 4.69) is 5.32 Å². The predicted molar refractivity (Wildman–Crippen MR) is 179 cm³/mol. The molecule has 1 aliphatic rings. The molecule has 4 aromatic rings. The summed E-state index contributed by atoms with van der Waals surface area (Å²) < 4.78 is 29.2. The van der Waals surface area contributed by atoms with Crippen molar-refractivity contribution in [2.24, 2.45) is 0 Å². The van der Waals surface area contributed by atoms with Gasteiger partial charge in [-0.25, -0.2) is 8.42 Å². The number of sulfonamides is 1. The maximum absolute atomic E-state index is 14.6. The molecule has 0 heterocycles. The molecule has 0 spiro atoms. The monoisotopic (exact) mass is 663 g/mol. The number of nitrogens with one attached hydrogen (secondary N) is 1. The molecule has 1 saturated carbocycles. The van der Waals surface area contributed by atoms with E-state index in [0.717, 1.165) is 35.6 Å². The third-order valence-corrected chi connectivity index (χ3v) is 10.5. The number of benzene rings is 4. The Kier molecular flexibility index (Phi) is 10.8. The number of amides is 2. The first-order chi connectivity index (χ1) is 21.7. The molecule has 0 radical (unpaired) electrons. The van der Waals surface area contributed by atoms with E-state index in [4.69, 9.17) is 23.2 Å². The van der Waals surface area contributed by atoms with Crippen molar-refractivity contribution in [3.05, 3.63) is 130 Å². The van der Waals surface area contributed by atoms with Gasteiger partial charge in [0, 0.05) is 24.0 Å². The van der Waals surface area contributed by atoms with E-state index < -0.39 is 28.5 Å². The van der Waals surface area contributed by atoms with Crippen molar-refractivity contribution < 1.29 is 18.0 Å². The van der Waals surface area contributed by atoms with Gasteiger partial charge in [-0.1, -0.05) is 115 Å². The van der Waals surface area contributed by atoms with Gasteiger partial charge in [-0.15, -0.1) is 0 Å². The lowest BCUT2D eigenvalue weighted by atomic mass is 10.0. The SMILES string of the molecule is O=C(NC1CCCC1)C(Cc1ccccc1)N(Cc1ccccc1Cl)C(=O)CN(c1ccccc1Cl)S(=O)(=O)c1ccccc1. The zero-order chi connectivity index (χ0) is 31.8. The molecular weight excluding hydrogens is 629 g/mol. The smallest absolute Gasteiger partial charge is 0.264 e. The van der Waals surface area contributed by atoms with E-state index in [-0.39, 0.29) is 40.5 Å². The van der Waals surface area contributed by atoms with E-state index in [0.29, 0.717) is 10.6 Å². The van der Waals surface area contributed by atoms with Crippen LogP contribution in [0.4, 0.5) is 5.69 Å². The van der Waals surface area contributed by atoms with Crippen molar-refractivity contribution in [3.8, 4) is 0 Å². The summed E-state index contributed by atoms with van der Waals surface area (Å²) in [5, 5.41) is 3.77. The molecule has 0 saturated heterocycles. The Labute approximate surface area is 274 Å².